The number of aromatic nitrogens is 1. The first-order valence-corrected chi connectivity index (χ1v) is 9.52. The molecule has 0 bridgehead atoms. The van der Waals surface area contributed by atoms with Gasteiger partial charge in [-0.05, 0) is 44.2 Å². The van der Waals surface area contributed by atoms with E-state index in [4.69, 9.17) is 11.6 Å². The highest BCUT2D eigenvalue weighted by Crippen LogP contribution is 2.31. The SMILES string of the molecule is Cc1c(C)n(CC(O)CNC2CCCCC2C)c2c(Cl)cccc12. The van der Waals surface area contributed by atoms with E-state index in [0.29, 0.717) is 25.0 Å². The van der Waals surface area contributed by atoms with Crippen LogP contribution in [0.1, 0.15) is 43.9 Å². The second-order valence-corrected chi connectivity index (χ2v) is 7.79. The zero-order chi connectivity index (χ0) is 17.3. The van der Waals surface area contributed by atoms with E-state index in [2.05, 4.69) is 36.7 Å². The van der Waals surface area contributed by atoms with Gasteiger partial charge in [0.1, 0.15) is 0 Å². The fourth-order valence-electron chi connectivity index (χ4n) is 4.07. The van der Waals surface area contributed by atoms with Crippen molar-refractivity contribution in [3.63, 3.8) is 0 Å². The van der Waals surface area contributed by atoms with Crippen molar-refractivity contribution in [2.24, 2.45) is 5.92 Å². The Kier molecular flexibility index (Phi) is 5.53. The molecule has 3 unspecified atom stereocenters. The molecule has 1 aliphatic rings. The summed E-state index contributed by atoms with van der Waals surface area (Å²) in [6, 6.07) is 6.56. The third-order valence-corrected chi connectivity index (χ3v) is 6.03. The number of nitrogens with one attached hydrogen (secondary N) is 1. The molecule has 1 aromatic heterocycles. The lowest BCUT2D eigenvalue weighted by Crippen LogP contribution is -2.42. The summed E-state index contributed by atoms with van der Waals surface area (Å²) in [7, 11) is 0. The standard InChI is InChI=1S/C20H29ClN2O/c1-13-7-4-5-10-19(13)22-11-16(24)12-23-15(3)14(2)17-8-6-9-18(21)20(17)23/h6,8-9,13,16,19,22,24H,4-5,7,10-12H2,1-3H3. The number of halogens is 1. The zero-order valence-electron chi connectivity index (χ0n) is 15.0. The molecule has 1 heterocycles. The van der Waals surface area contributed by atoms with Crippen molar-refractivity contribution in [3.8, 4) is 0 Å². The number of rotatable bonds is 5. The summed E-state index contributed by atoms with van der Waals surface area (Å²) in [6.07, 6.45) is 4.75. The molecule has 0 amide bonds. The number of aliphatic hydroxyl groups is 1. The number of benzene rings is 1. The Bertz CT molecular complexity index is 709. The number of para-hydroxylation sites is 1. The molecule has 24 heavy (non-hydrogen) atoms. The highest BCUT2D eigenvalue weighted by Gasteiger charge is 2.22. The van der Waals surface area contributed by atoms with Crippen LogP contribution in [0, 0.1) is 19.8 Å². The predicted molar refractivity (Wildman–Crippen MR) is 102 cm³/mol. The third-order valence-electron chi connectivity index (χ3n) is 5.73. The van der Waals surface area contributed by atoms with Gasteiger partial charge in [0.05, 0.1) is 23.2 Å². The Morgan fingerprint density at radius 2 is 2.04 bits per heavy atom. The van der Waals surface area contributed by atoms with Gasteiger partial charge < -0.3 is 15.0 Å². The molecule has 3 atom stereocenters. The van der Waals surface area contributed by atoms with E-state index < -0.39 is 6.10 Å². The van der Waals surface area contributed by atoms with Crippen molar-refractivity contribution < 1.29 is 5.11 Å². The van der Waals surface area contributed by atoms with Crippen LogP contribution in [0.25, 0.3) is 10.9 Å². The largest absolute Gasteiger partial charge is 0.390 e. The first kappa shape index (κ1) is 17.8. The van der Waals surface area contributed by atoms with Gasteiger partial charge in [0, 0.05) is 23.7 Å². The minimum atomic E-state index is -0.413. The lowest BCUT2D eigenvalue weighted by atomic mass is 9.86. The summed E-state index contributed by atoms with van der Waals surface area (Å²) in [6.45, 7) is 7.76. The predicted octanol–water partition coefficient (Wildman–Crippen LogP) is 4.44. The molecular formula is C20H29ClN2O. The van der Waals surface area contributed by atoms with Gasteiger partial charge in [-0.1, -0.05) is 43.5 Å². The van der Waals surface area contributed by atoms with E-state index in [9.17, 15) is 5.11 Å². The fourth-order valence-corrected chi connectivity index (χ4v) is 4.34. The van der Waals surface area contributed by atoms with Crippen LogP contribution in [-0.4, -0.2) is 28.4 Å². The Balaban J connectivity index is 1.71. The highest BCUT2D eigenvalue weighted by atomic mass is 35.5. The maximum Gasteiger partial charge on any atom is 0.0843 e. The van der Waals surface area contributed by atoms with E-state index in [1.54, 1.807) is 0 Å². The van der Waals surface area contributed by atoms with Crippen LogP contribution >= 0.6 is 11.6 Å². The van der Waals surface area contributed by atoms with E-state index >= 15 is 0 Å². The summed E-state index contributed by atoms with van der Waals surface area (Å²) in [5, 5.41) is 16.1. The summed E-state index contributed by atoms with van der Waals surface area (Å²) < 4.78 is 2.17. The number of nitrogens with zero attached hydrogens (tertiary/aromatic N) is 1. The van der Waals surface area contributed by atoms with Crippen LogP contribution in [0.3, 0.4) is 0 Å². The zero-order valence-corrected chi connectivity index (χ0v) is 15.7. The number of hydrogen-bond donors (Lipinski definition) is 2. The first-order chi connectivity index (χ1) is 11.5. The first-order valence-electron chi connectivity index (χ1n) is 9.14. The van der Waals surface area contributed by atoms with Crippen molar-refractivity contribution >= 4 is 22.5 Å². The molecule has 3 nitrogen and oxygen atoms in total. The van der Waals surface area contributed by atoms with Crippen LogP contribution in [0.2, 0.25) is 5.02 Å². The molecule has 132 valence electrons. The van der Waals surface area contributed by atoms with Gasteiger partial charge in [-0.2, -0.15) is 0 Å². The topological polar surface area (TPSA) is 37.2 Å². The normalized spacial score (nSPS) is 22.9. The number of aliphatic hydroxyl groups excluding tert-OH is 1. The summed E-state index contributed by atoms with van der Waals surface area (Å²) >= 11 is 6.43. The monoisotopic (exact) mass is 348 g/mol. The Hall–Kier alpha value is -1.03. The summed E-state index contributed by atoms with van der Waals surface area (Å²) in [5.41, 5.74) is 3.47. The summed E-state index contributed by atoms with van der Waals surface area (Å²) in [4.78, 5) is 0. The molecule has 3 rings (SSSR count). The van der Waals surface area contributed by atoms with Crippen LogP contribution in [-0.2, 0) is 6.54 Å². The Morgan fingerprint density at radius 3 is 2.79 bits per heavy atom. The van der Waals surface area contributed by atoms with Gasteiger partial charge in [-0.15, -0.1) is 0 Å². The highest BCUT2D eigenvalue weighted by molar-refractivity contribution is 6.35. The average Bonchev–Trinajstić information content (AvgIpc) is 2.80. The van der Waals surface area contributed by atoms with Crippen molar-refractivity contribution in [1.82, 2.24) is 9.88 Å². The van der Waals surface area contributed by atoms with Crippen molar-refractivity contribution in [3.05, 3.63) is 34.5 Å². The lowest BCUT2D eigenvalue weighted by Gasteiger charge is -2.30. The second-order valence-electron chi connectivity index (χ2n) is 7.39. The van der Waals surface area contributed by atoms with Gasteiger partial charge in [0.25, 0.3) is 0 Å². The van der Waals surface area contributed by atoms with Crippen LogP contribution in [0.5, 0.6) is 0 Å². The van der Waals surface area contributed by atoms with Crippen LogP contribution in [0.15, 0.2) is 18.2 Å². The van der Waals surface area contributed by atoms with E-state index in [1.165, 1.54) is 42.3 Å². The molecule has 2 N–H and O–H groups in total. The molecule has 1 aliphatic carbocycles. The number of aryl methyl sites for hydroxylation is 1. The molecule has 0 saturated heterocycles. The molecule has 0 spiro atoms. The van der Waals surface area contributed by atoms with Crippen molar-refractivity contribution in [2.45, 2.75) is 65.1 Å². The van der Waals surface area contributed by atoms with Gasteiger partial charge in [-0.3, -0.25) is 0 Å². The molecule has 4 heteroatoms. The minimum Gasteiger partial charge on any atom is -0.390 e. The third kappa shape index (κ3) is 3.49. The van der Waals surface area contributed by atoms with Gasteiger partial charge in [0.2, 0.25) is 0 Å². The van der Waals surface area contributed by atoms with E-state index in [1.807, 2.05) is 12.1 Å². The molecule has 1 saturated carbocycles. The average molecular weight is 349 g/mol. The van der Waals surface area contributed by atoms with Crippen molar-refractivity contribution in [2.75, 3.05) is 6.54 Å². The van der Waals surface area contributed by atoms with Crippen molar-refractivity contribution in [1.29, 1.82) is 0 Å². The summed E-state index contributed by atoms with van der Waals surface area (Å²) in [5.74, 6) is 0.705. The second kappa shape index (κ2) is 7.47. The maximum atomic E-state index is 10.6. The Morgan fingerprint density at radius 1 is 1.29 bits per heavy atom. The van der Waals surface area contributed by atoms with Gasteiger partial charge in [0.15, 0.2) is 0 Å². The molecule has 2 aromatic rings. The quantitative estimate of drug-likeness (QED) is 0.838. The molecule has 0 radical (unpaired) electrons. The molecular weight excluding hydrogens is 320 g/mol. The number of fused-ring (bicyclic) bond motifs is 1. The smallest absolute Gasteiger partial charge is 0.0843 e. The molecule has 1 aromatic carbocycles. The number of hydrogen-bond acceptors (Lipinski definition) is 2. The van der Waals surface area contributed by atoms with E-state index in [-0.39, 0.29) is 0 Å². The van der Waals surface area contributed by atoms with Gasteiger partial charge in [-0.25, -0.2) is 0 Å². The molecule has 0 aliphatic heterocycles. The van der Waals surface area contributed by atoms with Crippen LogP contribution in [0.4, 0.5) is 0 Å². The van der Waals surface area contributed by atoms with E-state index in [0.717, 1.165) is 10.5 Å². The Labute approximate surface area is 150 Å². The lowest BCUT2D eigenvalue weighted by molar-refractivity contribution is 0.139. The maximum absolute atomic E-state index is 10.6. The molecule has 1 fully saturated rings. The van der Waals surface area contributed by atoms with Crippen LogP contribution < -0.4 is 5.32 Å². The van der Waals surface area contributed by atoms with Gasteiger partial charge >= 0.3 is 0 Å². The minimum absolute atomic E-state index is 0.413. The fraction of sp³-hybridized carbons (Fsp3) is 0.600.